The van der Waals surface area contributed by atoms with Crippen LogP contribution in [0.5, 0.6) is 5.75 Å². The zero-order valence-corrected chi connectivity index (χ0v) is 14.2. The molecule has 1 aromatic carbocycles. The van der Waals surface area contributed by atoms with Gasteiger partial charge in [-0.05, 0) is 72.8 Å². The number of ether oxygens (including phenoxy) is 1. The molecule has 1 atom stereocenters. The Hall–Kier alpha value is -0.840. The first-order chi connectivity index (χ1) is 10.1. The van der Waals surface area contributed by atoms with Crippen LogP contribution in [-0.4, -0.2) is 30.9 Å². The zero-order valence-electron chi connectivity index (χ0n) is 12.6. The lowest BCUT2D eigenvalue weighted by molar-refractivity contribution is 0.106. The first-order valence-electron chi connectivity index (χ1n) is 7.61. The molecule has 0 bridgehead atoms. The van der Waals surface area contributed by atoms with Crippen LogP contribution < -0.4 is 10.1 Å². The minimum absolute atomic E-state index is 0.303. The summed E-state index contributed by atoms with van der Waals surface area (Å²) in [5.74, 6) is 0.774. The minimum Gasteiger partial charge on any atom is -0.490 e. The largest absolute Gasteiger partial charge is 0.490 e. The van der Waals surface area contributed by atoms with Gasteiger partial charge in [0.2, 0.25) is 0 Å². The first kappa shape index (κ1) is 16.5. The molecule has 0 aliphatic heterocycles. The van der Waals surface area contributed by atoms with Crippen molar-refractivity contribution in [3.63, 3.8) is 0 Å². The van der Waals surface area contributed by atoms with Crippen molar-refractivity contribution in [1.82, 2.24) is 5.32 Å². The summed E-state index contributed by atoms with van der Waals surface area (Å²) < 4.78 is 6.56. The zero-order chi connectivity index (χ0) is 15.1. The highest BCUT2D eigenvalue weighted by Crippen LogP contribution is 2.25. The Labute approximate surface area is 135 Å². The quantitative estimate of drug-likeness (QED) is 0.554. The predicted octanol–water partition coefficient (Wildman–Crippen LogP) is 3.59. The van der Waals surface area contributed by atoms with Crippen molar-refractivity contribution in [3.8, 4) is 5.75 Å². The van der Waals surface area contributed by atoms with Crippen LogP contribution in [0.4, 0.5) is 0 Å². The van der Waals surface area contributed by atoms with Crippen LogP contribution in [0.2, 0.25) is 0 Å². The van der Waals surface area contributed by atoms with Gasteiger partial charge in [0, 0.05) is 6.54 Å². The van der Waals surface area contributed by atoms with E-state index >= 15 is 0 Å². The second-order valence-electron chi connectivity index (χ2n) is 5.61. The third kappa shape index (κ3) is 5.81. The van der Waals surface area contributed by atoms with Crippen molar-refractivity contribution in [2.45, 2.75) is 38.7 Å². The lowest BCUT2D eigenvalue weighted by Crippen LogP contribution is -2.32. The molecule has 0 heterocycles. The van der Waals surface area contributed by atoms with Gasteiger partial charge in [0.05, 0.1) is 4.47 Å². The van der Waals surface area contributed by atoms with Crippen LogP contribution in [0, 0.1) is 6.92 Å². The Bertz CT molecular complexity index is 488. The predicted molar refractivity (Wildman–Crippen MR) is 89.8 cm³/mol. The monoisotopic (exact) mass is 353 g/mol. The van der Waals surface area contributed by atoms with Crippen molar-refractivity contribution < 1.29 is 9.84 Å². The molecule has 2 rings (SSSR count). The summed E-state index contributed by atoms with van der Waals surface area (Å²) in [5, 5.41) is 13.2. The average molecular weight is 354 g/mol. The van der Waals surface area contributed by atoms with Gasteiger partial charge in [-0.25, -0.2) is 0 Å². The maximum absolute atomic E-state index is 9.93. The van der Waals surface area contributed by atoms with Crippen LogP contribution in [0.15, 0.2) is 34.3 Å². The highest BCUT2D eigenvalue weighted by atomic mass is 79.9. The van der Waals surface area contributed by atoms with Gasteiger partial charge < -0.3 is 15.2 Å². The number of aliphatic hydroxyl groups is 1. The van der Waals surface area contributed by atoms with E-state index in [-0.39, 0.29) is 0 Å². The van der Waals surface area contributed by atoms with E-state index in [1.165, 1.54) is 24.8 Å². The standard InChI is InChI=1S/C17H24BrNO2/c1-13-6-7-17(16(18)10-13)21-12-15(20)11-19-9-8-14-4-2-3-5-14/h4,6-7,10,15,19-20H,2-3,5,8-9,11-12H2,1H3. The summed E-state index contributed by atoms with van der Waals surface area (Å²) in [5.41, 5.74) is 2.73. The van der Waals surface area contributed by atoms with Gasteiger partial charge >= 0.3 is 0 Å². The van der Waals surface area contributed by atoms with E-state index in [2.05, 4.69) is 27.3 Å². The Morgan fingerprint density at radius 1 is 1.43 bits per heavy atom. The van der Waals surface area contributed by atoms with Gasteiger partial charge in [-0.3, -0.25) is 0 Å². The molecule has 0 radical (unpaired) electrons. The van der Waals surface area contributed by atoms with Crippen molar-refractivity contribution in [1.29, 1.82) is 0 Å². The van der Waals surface area contributed by atoms with Crippen molar-refractivity contribution >= 4 is 15.9 Å². The van der Waals surface area contributed by atoms with E-state index in [1.807, 2.05) is 25.1 Å². The van der Waals surface area contributed by atoms with E-state index in [4.69, 9.17) is 4.74 Å². The number of hydrogen-bond acceptors (Lipinski definition) is 3. The first-order valence-corrected chi connectivity index (χ1v) is 8.40. The summed E-state index contributed by atoms with van der Waals surface area (Å²) in [6, 6.07) is 5.93. The summed E-state index contributed by atoms with van der Waals surface area (Å²) in [4.78, 5) is 0. The van der Waals surface area contributed by atoms with Crippen LogP contribution in [0.3, 0.4) is 0 Å². The van der Waals surface area contributed by atoms with Gasteiger partial charge in [0.15, 0.2) is 0 Å². The number of benzene rings is 1. The highest BCUT2D eigenvalue weighted by Gasteiger charge is 2.08. The van der Waals surface area contributed by atoms with Crippen LogP contribution in [0.1, 0.15) is 31.2 Å². The number of rotatable bonds is 8. The molecule has 2 N–H and O–H groups in total. The number of aryl methyl sites for hydroxylation is 1. The minimum atomic E-state index is -0.490. The van der Waals surface area contributed by atoms with Gasteiger partial charge in [0.1, 0.15) is 18.5 Å². The fourth-order valence-electron chi connectivity index (χ4n) is 2.45. The molecule has 0 spiro atoms. The van der Waals surface area contributed by atoms with Crippen molar-refractivity contribution in [3.05, 3.63) is 39.9 Å². The Kier molecular flexibility index (Phi) is 6.74. The third-order valence-corrected chi connectivity index (χ3v) is 4.28. The van der Waals surface area contributed by atoms with E-state index in [9.17, 15) is 5.11 Å². The fourth-order valence-corrected chi connectivity index (χ4v) is 3.06. The van der Waals surface area contributed by atoms with Crippen molar-refractivity contribution in [2.24, 2.45) is 0 Å². The molecule has 1 aliphatic rings. The molecule has 1 aromatic rings. The topological polar surface area (TPSA) is 41.5 Å². The van der Waals surface area contributed by atoms with Crippen molar-refractivity contribution in [2.75, 3.05) is 19.7 Å². The molecule has 0 aromatic heterocycles. The summed E-state index contributed by atoms with van der Waals surface area (Å²) in [6.07, 6.45) is 6.73. The van der Waals surface area contributed by atoms with Crippen LogP contribution >= 0.6 is 15.9 Å². The lowest BCUT2D eigenvalue weighted by atomic mass is 10.2. The normalized spacial score (nSPS) is 15.9. The number of hydrogen-bond donors (Lipinski definition) is 2. The van der Waals surface area contributed by atoms with E-state index in [0.29, 0.717) is 13.2 Å². The van der Waals surface area contributed by atoms with Crippen LogP contribution in [-0.2, 0) is 0 Å². The molecular formula is C17H24BrNO2. The summed E-state index contributed by atoms with van der Waals surface area (Å²) >= 11 is 3.47. The molecule has 1 aliphatic carbocycles. The second kappa shape index (κ2) is 8.57. The molecular weight excluding hydrogens is 330 g/mol. The van der Waals surface area contributed by atoms with E-state index < -0.39 is 6.10 Å². The molecule has 21 heavy (non-hydrogen) atoms. The van der Waals surface area contributed by atoms with E-state index in [0.717, 1.165) is 23.2 Å². The Morgan fingerprint density at radius 2 is 2.29 bits per heavy atom. The number of allylic oxidation sites excluding steroid dienone is 1. The van der Waals surface area contributed by atoms with Gasteiger partial charge in [-0.2, -0.15) is 0 Å². The summed E-state index contributed by atoms with van der Waals surface area (Å²) in [7, 11) is 0. The molecule has 116 valence electrons. The van der Waals surface area contributed by atoms with E-state index in [1.54, 1.807) is 5.57 Å². The average Bonchev–Trinajstić information content (AvgIpc) is 2.96. The molecule has 0 saturated carbocycles. The third-order valence-electron chi connectivity index (χ3n) is 3.66. The molecule has 1 unspecified atom stereocenters. The molecule has 4 heteroatoms. The molecule has 3 nitrogen and oxygen atoms in total. The number of nitrogens with one attached hydrogen (secondary N) is 1. The van der Waals surface area contributed by atoms with Gasteiger partial charge in [-0.1, -0.05) is 17.7 Å². The maximum atomic E-state index is 9.93. The molecule has 0 saturated heterocycles. The Balaban J connectivity index is 1.61. The molecule has 0 amide bonds. The smallest absolute Gasteiger partial charge is 0.133 e. The van der Waals surface area contributed by atoms with Crippen LogP contribution in [0.25, 0.3) is 0 Å². The fraction of sp³-hybridized carbons (Fsp3) is 0.529. The Morgan fingerprint density at radius 3 is 3.00 bits per heavy atom. The van der Waals surface area contributed by atoms with Gasteiger partial charge in [0.25, 0.3) is 0 Å². The SMILES string of the molecule is Cc1ccc(OCC(O)CNCCC2=CCCC2)c(Br)c1. The lowest BCUT2D eigenvalue weighted by Gasteiger charge is -2.14. The maximum Gasteiger partial charge on any atom is 0.133 e. The summed E-state index contributed by atoms with van der Waals surface area (Å²) in [6.45, 7) is 3.83. The highest BCUT2D eigenvalue weighted by molar-refractivity contribution is 9.10. The number of aliphatic hydroxyl groups excluding tert-OH is 1. The molecule has 0 fully saturated rings. The van der Waals surface area contributed by atoms with Gasteiger partial charge in [-0.15, -0.1) is 0 Å². The second-order valence-corrected chi connectivity index (χ2v) is 6.46. The number of halogens is 1.